The maximum absolute atomic E-state index is 12.5. The van der Waals surface area contributed by atoms with E-state index in [9.17, 15) is 4.79 Å². The van der Waals surface area contributed by atoms with E-state index in [2.05, 4.69) is 40.4 Å². The first-order valence-electron chi connectivity index (χ1n) is 8.82. The Kier molecular flexibility index (Phi) is 5.68. The molecule has 140 valence electrons. The van der Waals surface area contributed by atoms with Gasteiger partial charge >= 0.3 is 0 Å². The molecule has 4 rings (SSSR count). The number of fused-ring (bicyclic) bond motifs is 1. The van der Waals surface area contributed by atoms with Crippen molar-refractivity contribution in [2.75, 3.05) is 32.4 Å². The lowest BCUT2D eigenvalue weighted by molar-refractivity contribution is 0.0633. The summed E-state index contributed by atoms with van der Waals surface area (Å²) < 4.78 is 0. The number of thioether (sulfide) groups is 1. The highest BCUT2D eigenvalue weighted by molar-refractivity contribution is 7.98. The fourth-order valence-electron chi connectivity index (χ4n) is 3.31. The number of halogens is 1. The van der Waals surface area contributed by atoms with Crippen LogP contribution in [0, 0.1) is 0 Å². The summed E-state index contributed by atoms with van der Waals surface area (Å²) in [7, 11) is 0. The lowest BCUT2D eigenvalue weighted by Crippen LogP contribution is -2.48. The van der Waals surface area contributed by atoms with Crippen LogP contribution in [0.1, 0.15) is 15.2 Å². The summed E-state index contributed by atoms with van der Waals surface area (Å²) in [5.74, 6) is 0.139. The second-order valence-electron chi connectivity index (χ2n) is 6.54. The first-order chi connectivity index (χ1) is 13.1. The number of piperazine rings is 1. The van der Waals surface area contributed by atoms with E-state index in [0.717, 1.165) is 54.1 Å². The zero-order valence-electron chi connectivity index (χ0n) is 15.0. The SMILES string of the molecule is CSc1ccc2cc(CN3CCN(C(=O)c4cccs4)CC3)c(Cl)nc2c1. The van der Waals surface area contributed by atoms with Crippen molar-refractivity contribution in [3.05, 3.63) is 57.4 Å². The minimum absolute atomic E-state index is 0.139. The lowest BCUT2D eigenvalue weighted by atomic mass is 10.1. The quantitative estimate of drug-likeness (QED) is 0.458. The molecule has 0 atom stereocenters. The van der Waals surface area contributed by atoms with Crippen LogP contribution in [-0.4, -0.2) is 53.1 Å². The molecule has 1 saturated heterocycles. The molecule has 1 aromatic carbocycles. The zero-order chi connectivity index (χ0) is 18.8. The van der Waals surface area contributed by atoms with Crippen molar-refractivity contribution >= 4 is 51.5 Å². The van der Waals surface area contributed by atoms with Crippen LogP contribution in [0.2, 0.25) is 5.15 Å². The Morgan fingerprint density at radius 3 is 2.74 bits per heavy atom. The predicted molar refractivity (Wildman–Crippen MR) is 114 cm³/mol. The third kappa shape index (κ3) is 4.14. The number of hydrogen-bond donors (Lipinski definition) is 0. The molecule has 0 bridgehead atoms. The van der Waals surface area contributed by atoms with E-state index >= 15 is 0 Å². The third-order valence-electron chi connectivity index (χ3n) is 4.84. The predicted octanol–water partition coefficient (Wildman–Crippen LogP) is 4.63. The molecular formula is C20H20ClN3OS2. The number of amides is 1. The van der Waals surface area contributed by atoms with Gasteiger partial charge in [0.1, 0.15) is 5.15 Å². The molecule has 0 aliphatic carbocycles. The van der Waals surface area contributed by atoms with E-state index in [1.807, 2.05) is 22.4 Å². The Hall–Kier alpha value is -1.60. The smallest absolute Gasteiger partial charge is 0.264 e. The molecule has 3 heterocycles. The molecule has 0 saturated carbocycles. The fourth-order valence-corrected chi connectivity index (χ4v) is 4.64. The van der Waals surface area contributed by atoms with Gasteiger partial charge in [-0.15, -0.1) is 23.1 Å². The van der Waals surface area contributed by atoms with Gasteiger partial charge in [0.15, 0.2) is 0 Å². The van der Waals surface area contributed by atoms with E-state index < -0.39 is 0 Å². The van der Waals surface area contributed by atoms with Gasteiger partial charge in [-0.2, -0.15) is 0 Å². The van der Waals surface area contributed by atoms with Crippen molar-refractivity contribution in [3.8, 4) is 0 Å². The average molecular weight is 418 g/mol. The van der Waals surface area contributed by atoms with Crippen LogP contribution in [-0.2, 0) is 6.54 Å². The normalized spacial score (nSPS) is 15.4. The number of carbonyl (C=O) groups is 1. The Labute approximate surface area is 172 Å². The van der Waals surface area contributed by atoms with Crippen molar-refractivity contribution in [2.45, 2.75) is 11.4 Å². The number of benzene rings is 1. The summed E-state index contributed by atoms with van der Waals surface area (Å²) in [6.07, 6.45) is 2.06. The molecule has 27 heavy (non-hydrogen) atoms. The van der Waals surface area contributed by atoms with Crippen molar-refractivity contribution in [1.29, 1.82) is 0 Å². The molecular weight excluding hydrogens is 398 g/mol. The van der Waals surface area contributed by atoms with Gasteiger partial charge in [-0.05, 0) is 35.9 Å². The third-order valence-corrected chi connectivity index (χ3v) is 6.75. The van der Waals surface area contributed by atoms with Crippen molar-refractivity contribution in [1.82, 2.24) is 14.8 Å². The number of carbonyl (C=O) groups excluding carboxylic acids is 1. The molecule has 0 radical (unpaired) electrons. The van der Waals surface area contributed by atoms with E-state index in [1.165, 1.54) is 16.2 Å². The highest BCUT2D eigenvalue weighted by Crippen LogP contribution is 2.26. The van der Waals surface area contributed by atoms with Gasteiger partial charge in [0.2, 0.25) is 0 Å². The Balaban J connectivity index is 1.43. The minimum Gasteiger partial charge on any atom is -0.335 e. The Morgan fingerprint density at radius 2 is 2.04 bits per heavy atom. The van der Waals surface area contributed by atoms with Gasteiger partial charge in [-0.1, -0.05) is 23.7 Å². The molecule has 1 aliphatic heterocycles. The van der Waals surface area contributed by atoms with E-state index in [-0.39, 0.29) is 5.91 Å². The Morgan fingerprint density at radius 1 is 1.22 bits per heavy atom. The van der Waals surface area contributed by atoms with Crippen LogP contribution < -0.4 is 0 Å². The van der Waals surface area contributed by atoms with Gasteiger partial charge in [0.25, 0.3) is 5.91 Å². The van der Waals surface area contributed by atoms with Crippen molar-refractivity contribution in [2.24, 2.45) is 0 Å². The number of aromatic nitrogens is 1. The molecule has 1 fully saturated rings. The standard InChI is InChI=1S/C20H20ClN3OS2/c1-26-16-5-4-14-11-15(19(21)22-17(14)12-16)13-23-6-8-24(9-7-23)20(25)18-3-2-10-27-18/h2-5,10-12H,6-9,13H2,1H3. The average Bonchev–Trinajstić information content (AvgIpc) is 3.23. The molecule has 2 aromatic heterocycles. The van der Waals surface area contributed by atoms with Crippen molar-refractivity contribution in [3.63, 3.8) is 0 Å². The summed E-state index contributed by atoms with van der Waals surface area (Å²) in [5.41, 5.74) is 1.97. The summed E-state index contributed by atoms with van der Waals surface area (Å²) in [6.45, 7) is 3.93. The van der Waals surface area contributed by atoms with E-state index in [0.29, 0.717) is 5.15 Å². The highest BCUT2D eigenvalue weighted by atomic mass is 35.5. The van der Waals surface area contributed by atoms with Gasteiger partial charge < -0.3 is 4.90 Å². The number of rotatable bonds is 4. The van der Waals surface area contributed by atoms with E-state index in [1.54, 1.807) is 11.8 Å². The number of nitrogens with zero attached hydrogens (tertiary/aromatic N) is 3. The van der Waals surface area contributed by atoms with Gasteiger partial charge in [0, 0.05) is 48.6 Å². The number of hydrogen-bond acceptors (Lipinski definition) is 5. The molecule has 0 spiro atoms. The molecule has 1 amide bonds. The summed E-state index contributed by atoms with van der Waals surface area (Å²) in [6, 6.07) is 12.2. The van der Waals surface area contributed by atoms with Crippen LogP contribution in [0.25, 0.3) is 10.9 Å². The monoisotopic (exact) mass is 417 g/mol. The van der Waals surface area contributed by atoms with Gasteiger partial charge in [-0.25, -0.2) is 4.98 Å². The first-order valence-corrected chi connectivity index (χ1v) is 11.3. The fraction of sp³-hybridized carbons (Fsp3) is 0.300. The van der Waals surface area contributed by atoms with Crippen molar-refractivity contribution < 1.29 is 4.79 Å². The molecule has 0 N–H and O–H groups in total. The topological polar surface area (TPSA) is 36.4 Å². The molecule has 0 unspecified atom stereocenters. The molecule has 1 aliphatic rings. The molecule has 7 heteroatoms. The number of thiophene rings is 1. The summed E-state index contributed by atoms with van der Waals surface area (Å²) >= 11 is 9.66. The molecule has 3 aromatic rings. The minimum atomic E-state index is 0.139. The van der Waals surface area contributed by atoms with Gasteiger partial charge in [0.05, 0.1) is 10.4 Å². The maximum Gasteiger partial charge on any atom is 0.264 e. The van der Waals surface area contributed by atoms with Crippen LogP contribution in [0.15, 0.2) is 46.7 Å². The second-order valence-corrected chi connectivity index (χ2v) is 8.73. The van der Waals surface area contributed by atoms with E-state index in [4.69, 9.17) is 11.6 Å². The summed E-state index contributed by atoms with van der Waals surface area (Å²) in [4.78, 5) is 23.3. The highest BCUT2D eigenvalue weighted by Gasteiger charge is 2.23. The van der Waals surface area contributed by atoms with Crippen LogP contribution >= 0.6 is 34.7 Å². The number of pyridine rings is 1. The lowest BCUT2D eigenvalue weighted by Gasteiger charge is -2.34. The summed E-state index contributed by atoms with van der Waals surface area (Å²) in [5, 5.41) is 3.62. The van der Waals surface area contributed by atoms with Crippen LogP contribution in [0.5, 0.6) is 0 Å². The van der Waals surface area contributed by atoms with Gasteiger partial charge in [-0.3, -0.25) is 9.69 Å². The molecule has 4 nitrogen and oxygen atoms in total. The van der Waals surface area contributed by atoms with Crippen LogP contribution in [0.3, 0.4) is 0 Å². The van der Waals surface area contributed by atoms with Crippen LogP contribution in [0.4, 0.5) is 0 Å². The second kappa shape index (κ2) is 8.19. The first kappa shape index (κ1) is 18.7. The largest absolute Gasteiger partial charge is 0.335 e. The Bertz CT molecular complexity index is 953. The zero-order valence-corrected chi connectivity index (χ0v) is 17.4. The maximum atomic E-state index is 12.5.